The molecule has 1 aromatic heterocycles. The lowest BCUT2D eigenvalue weighted by atomic mass is 10.1. The number of aryl methyl sites for hydroxylation is 2. The van der Waals surface area contributed by atoms with E-state index in [9.17, 15) is 10.2 Å². The highest BCUT2D eigenvalue weighted by Gasteiger charge is 2.09. The maximum atomic E-state index is 9.82. The van der Waals surface area contributed by atoms with Gasteiger partial charge < -0.3 is 10.2 Å². The minimum atomic E-state index is 0.0567. The van der Waals surface area contributed by atoms with Gasteiger partial charge in [0.25, 0.3) is 0 Å². The first-order valence-corrected chi connectivity index (χ1v) is 7.14. The van der Waals surface area contributed by atoms with Crippen molar-refractivity contribution >= 4 is 23.1 Å². The molecule has 0 fully saturated rings. The van der Waals surface area contributed by atoms with Crippen molar-refractivity contribution in [2.45, 2.75) is 6.92 Å². The highest BCUT2D eigenvalue weighted by atomic mass is 16.3. The SMILES string of the molecule is Cc1ccc2c(ccc(/C=C/c3ccc(O)cc3O)[n+]2C)c1. The summed E-state index contributed by atoms with van der Waals surface area (Å²) >= 11 is 0. The van der Waals surface area contributed by atoms with Crippen LogP contribution >= 0.6 is 0 Å². The summed E-state index contributed by atoms with van der Waals surface area (Å²) in [6, 6.07) is 15.1. The first-order valence-electron chi connectivity index (χ1n) is 7.14. The van der Waals surface area contributed by atoms with Crippen LogP contribution in [0.1, 0.15) is 16.8 Å². The van der Waals surface area contributed by atoms with Gasteiger partial charge in [-0.3, -0.25) is 0 Å². The molecule has 0 aliphatic rings. The van der Waals surface area contributed by atoms with Gasteiger partial charge in [-0.15, -0.1) is 0 Å². The fourth-order valence-corrected chi connectivity index (χ4v) is 2.55. The van der Waals surface area contributed by atoms with Crippen LogP contribution in [0.5, 0.6) is 11.5 Å². The molecule has 22 heavy (non-hydrogen) atoms. The summed E-state index contributed by atoms with van der Waals surface area (Å²) in [5.74, 6) is 0.122. The van der Waals surface area contributed by atoms with Crippen LogP contribution in [-0.4, -0.2) is 10.2 Å². The fraction of sp³-hybridized carbons (Fsp3) is 0.105. The summed E-state index contributed by atoms with van der Waals surface area (Å²) in [6.45, 7) is 2.08. The van der Waals surface area contributed by atoms with Gasteiger partial charge in [0.15, 0.2) is 0 Å². The number of aromatic hydroxyl groups is 2. The summed E-state index contributed by atoms with van der Waals surface area (Å²) in [7, 11) is 2.02. The molecule has 0 spiro atoms. The van der Waals surface area contributed by atoms with E-state index in [2.05, 4.69) is 41.8 Å². The zero-order valence-corrected chi connectivity index (χ0v) is 12.6. The summed E-state index contributed by atoms with van der Waals surface area (Å²) in [4.78, 5) is 0. The number of phenolic OH excluding ortho intramolecular Hbond substituents is 2. The Morgan fingerprint density at radius 3 is 2.50 bits per heavy atom. The third kappa shape index (κ3) is 2.66. The number of benzene rings is 2. The van der Waals surface area contributed by atoms with E-state index in [-0.39, 0.29) is 11.5 Å². The zero-order valence-electron chi connectivity index (χ0n) is 12.6. The molecule has 110 valence electrons. The van der Waals surface area contributed by atoms with Crippen LogP contribution in [0.25, 0.3) is 23.1 Å². The number of rotatable bonds is 2. The number of nitrogens with zero attached hydrogens (tertiary/aromatic N) is 1. The Balaban J connectivity index is 2.02. The largest absolute Gasteiger partial charge is 0.508 e. The van der Waals surface area contributed by atoms with Gasteiger partial charge in [0.05, 0.1) is 0 Å². The summed E-state index contributed by atoms with van der Waals surface area (Å²) < 4.78 is 2.11. The lowest BCUT2D eigenvalue weighted by Gasteiger charge is -2.02. The standard InChI is InChI=1S/C19H17NO2/c1-13-3-10-18-15(11-13)5-8-16(20(18)2)7-4-14-6-9-17(21)12-19(14)22/h3-12H,1-2H3,(H,21,22)/p+1. The molecule has 3 nitrogen and oxygen atoms in total. The van der Waals surface area contributed by atoms with Crippen molar-refractivity contribution in [3.63, 3.8) is 0 Å². The monoisotopic (exact) mass is 292 g/mol. The Bertz CT molecular complexity index is 882. The first-order chi connectivity index (χ1) is 10.5. The predicted molar refractivity (Wildman–Crippen MR) is 88.6 cm³/mol. The molecule has 2 aromatic carbocycles. The third-order valence-electron chi connectivity index (χ3n) is 3.81. The van der Waals surface area contributed by atoms with Crippen LogP contribution in [-0.2, 0) is 7.05 Å². The van der Waals surface area contributed by atoms with Crippen LogP contribution in [0, 0.1) is 6.92 Å². The number of phenols is 2. The van der Waals surface area contributed by atoms with Crippen LogP contribution in [0.3, 0.4) is 0 Å². The Labute approximate surface area is 129 Å². The van der Waals surface area contributed by atoms with E-state index in [1.54, 1.807) is 12.1 Å². The number of hydrogen-bond donors (Lipinski definition) is 2. The third-order valence-corrected chi connectivity index (χ3v) is 3.81. The highest BCUT2D eigenvalue weighted by molar-refractivity contribution is 5.78. The molecule has 2 N–H and O–H groups in total. The van der Waals surface area contributed by atoms with E-state index in [1.807, 2.05) is 19.2 Å². The molecule has 0 aliphatic heterocycles. The first kappa shape index (κ1) is 14.1. The molecule has 0 saturated carbocycles. The molecular weight excluding hydrogens is 274 g/mol. The van der Waals surface area contributed by atoms with E-state index < -0.39 is 0 Å². The molecule has 0 amide bonds. The van der Waals surface area contributed by atoms with Gasteiger partial charge >= 0.3 is 0 Å². The van der Waals surface area contributed by atoms with Crippen LogP contribution < -0.4 is 4.57 Å². The van der Waals surface area contributed by atoms with Crippen molar-refractivity contribution in [1.29, 1.82) is 0 Å². The van der Waals surface area contributed by atoms with Gasteiger partial charge in [0.1, 0.15) is 18.5 Å². The Morgan fingerprint density at radius 1 is 0.909 bits per heavy atom. The van der Waals surface area contributed by atoms with E-state index in [4.69, 9.17) is 0 Å². The molecule has 0 aliphatic carbocycles. The predicted octanol–water partition coefficient (Wildman–Crippen LogP) is 3.55. The van der Waals surface area contributed by atoms with Crippen LogP contribution in [0.4, 0.5) is 0 Å². The lowest BCUT2D eigenvalue weighted by molar-refractivity contribution is -0.646. The average Bonchev–Trinajstić information content (AvgIpc) is 2.48. The summed E-state index contributed by atoms with van der Waals surface area (Å²) in [5.41, 5.74) is 4.10. The van der Waals surface area contributed by atoms with E-state index >= 15 is 0 Å². The number of hydrogen-bond acceptors (Lipinski definition) is 2. The maximum Gasteiger partial charge on any atom is 0.212 e. The van der Waals surface area contributed by atoms with Crippen molar-refractivity contribution < 1.29 is 14.8 Å². The maximum absolute atomic E-state index is 9.82. The van der Waals surface area contributed by atoms with E-state index in [1.165, 1.54) is 17.0 Å². The molecule has 0 saturated heterocycles. The minimum Gasteiger partial charge on any atom is -0.508 e. The molecule has 3 heteroatoms. The summed E-state index contributed by atoms with van der Waals surface area (Å²) in [6.07, 6.45) is 3.79. The second kappa shape index (κ2) is 5.53. The van der Waals surface area contributed by atoms with Crippen molar-refractivity contribution in [3.05, 3.63) is 65.4 Å². The van der Waals surface area contributed by atoms with Gasteiger partial charge in [-0.05, 0) is 37.3 Å². The minimum absolute atomic E-state index is 0.0567. The van der Waals surface area contributed by atoms with Crippen molar-refractivity contribution in [2.75, 3.05) is 0 Å². The molecule has 0 radical (unpaired) electrons. The highest BCUT2D eigenvalue weighted by Crippen LogP contribution is 2.24. The molecule has 3 aromatic rings. The Hall–Kier alpha value is -2.81. The molecular formula is C19H18NO2+. The van der Waals surface area contributed by atoms with Crippen molar-refractivity contribution in [3.8, 4) is 11.5 Å². The number of aromatic nitrogens is 1. The van der Waals surface area contributed by atoms with E-state index in [0.717, 1.165) is 11.2 Å². The lowest BCUT2D eigenvalue weighted by Crippen LogP contribution is -2.32. The average molecular weight is 292 g/mol. The number of pyridine rings is 1. The van der Waals surface area contributed by atoms with Crippen molar-refractivity contribution in [2.24, 2.45) is 7.05 Å². The van der Waals surface area contributed by atoms with Gasteiger partial charge in [-0.25, -0.2) is 0 Å². The van der Waals surface area contributed by atoms with Gasteiger partial charge in [0.2, 0.25) is 11.2 Å². The normalized spacial score (nSPS) is 11.4. The van der Waals surface area contributed by atoms with Gasteiger partial charge in [-0.1, -0.05) is 11.6 Å². The van der Waals surface area contributed by atoms with Gasteiger partial charge in [0, 0.05) is 35.2 Å². The van der Waals surface area contributed by atoms with Crippen LogP contribution in [0.2, 0.25) is 0 Å². The van der Waals surface area contributed by atoms with E-state index in [0.29, 0.717) is 5.56 Å². The van der Waals surface area contributed by atoms with Gasteiger partial charge in [-0.2, -0.15) is 4.57 Å². The Morgan fingerprint density at radius 2 is 1.73 bits per heavy atom. The quantitative estimate of drug-likeness (QED) is 0.709. The molecule has 0 bridgehead atoms. The second-order valence-electron chi connectivity index (χ2n) is 5.46. The molecule has 1 heterocycles. The van der Waals surface area contributed by atoms with Crippen molar-refractivity contribution in [1.82, 2.24) is 0 Å². The fourth-order valence-electron chi connectivity index (χ4n) is 2.55. The van der Waals surface area contributed by atoms with Crippen LogP contribution in [0.15, 0.2) is 48.5 Å². The molecule has 0 unspecified atom stereocenters. The molecule has 3 rings (SSSR count). The molecule has 0 atom stereocenters. The second-order valence-corrected chi connectivity index (χ2v) is 5.46. The number of fused-ring (bicyclic) bond motifs is 1. The smallest absolute Gasteiger partial charge is 0.212 e. The summed E-state index contributed by atoms with van der Waals surface area (Å²) in [5, 5.41) is 20.3. The Kier molecular flexibility index (Phi) is 3.55. The topological polar surface area (TPSA) is 44.3 Å². The zero-order chi connectivity index (χ0) is 15.7.